The summed E-state index contributed by atoms with van der Waals surface area (Å²) in [5, 5.41) is 14.7. The van der Waals surface area contributed by atoms with Crippen LogP contribution in [0.25, 0.3) is 0 Å². The van der Waals surface area contributed by atoms with Gasteiger partial charge in [0.15, 0.2) is 5.96 Å². The normalized spacial score (nSPS) is 17.6. The standard InChI is InChI=1S/C22H42N8O5S/c1-36-13-9-14(24)20(33)30-12-5-8-17(30)19(32)28-15(7-4-11-27-22(25)26)18(31)29-16(21(34)35)6-2-3-10-23/h14-17H,2-13,23-24H2,1H3,(H,28,32)(H,29,31)(H,34,35)(H4,25,26,27). The van der Waals surface area contributed by atoms with Crippen LogP contribution in [-0.2, 0) is 19.2 Å². The highest BCUT2D eigenvalue weighted by Crippen LogP contribution is 2.20. The Hall–Kier alpha value is -2.58. The lowest BCUT2D eigenvalue weighted by molar-refractivity contribution is -0.143. The first-order valence-corrected chi connectivity index (χ1v) is 13.7. The number of likely N-dealkylation sites (tertiary alicyclic amines) is 1. The highest BCUT2D eigenvalue weighted by Gasteiger charge is 2.37. The summed E-state index contributed by atoms with van der Waals surface area (Å²) in [5.74, 6) is -1.93. The number of thioether (sulfide) groups is 1. The number of guanidine groups is 1. The molecule has 206 valence electrons. The average molecular weight is 531 g/mol. The summed E-state index contributed by atoms with van der Waals surface area (Å²) in [7, 11) is 0. The second-order valence-electron chi connectivity index (χ2n) is 8.77. The van der Waals surface area contributed by atoms with Crippen LogP contribution < -0.4 is 33.6 Å². The van der Waals surface area contributed by atoms with E-state index in [1.54, 1.807) is 11.8 Å². The van der Waals surface area contributed by atoms with Crippen molar-refractivity contribution in [2.45, 2.75) is 75.5 Å². The lowest BCUT2D eigenvalue weighted by Gasteiger charge is -2.28. The number of nitrogens with two attached hydrogens (primary N) is 4. The average Bonchev–Trinajstić information content (AvgIpc) is 3.33. The van der Waals surface area contributed by atoms with E-state index in [9.17, 15) is 24.3 Å². The molecule has 4 atom stereocenters. The van der Waals surface area contributed by atoms with E-state index < -0.39 is 42.0 Å². The van der Waals surface area contributed by atoms with E-state index in [4.69, 9.17) is 22.9 Å². The monoisotopic (exact) mass is 530 g/mol. The Morgan fingerprint density at radius 2 is 1.78 bits per heavy atom. The first-order chi connectivity index (χ1) is 17.1. The molecule has 1 rings (SSSR count). The van der Waals surface area contributed by atoms with E-state index in [1.165, 1.54) is 4.90 Å². The maximum absolute atomic E-state index is 13.2. The van der Waals surface area contributed by atoms with Crippen LogP contribution in [0.15, 0.2) is 4.99 Å². The van der Waals surface area contributed by atoms with E-state index in [-0.39, 0.29) is 31.3 Å². The molecule has 36 heavy (non-hydrogen) atoms. The van der Waals surface area contributed by atoms with Gasteiger partial charge in [-0.2, -0.15) is 11.8 Å². The molecule has 4 unspecified atom stereocenters. The van der Waals surface area contributed by atoms with Crippen molar-refractivity contribution in [3.05, 3.63) is 0 Å². The molecule has 1 aliphatic heterocycles. The number of hydrogen-bond donors (Lipinski definition) is 7. The SMILES string of the molecule is CSCCC(N)C(=O)N1CCCC1C(=O)NC(CCCN=C(N)N)C(=O)NC(CCCCN)C(=O)O. The van der Waals surface area contributed by atoms with Gasteiger partial charge in [-0.15, -0.1) is 0 Å². The molecule has 0 aromatic rings. The van der Waals surface area contributed by atoms with Crippen molar-refractivity contribution in [3.8, 4) is 0 Å². The van der Waals surface area contributed by atoms with Crippen LogP contribution in [0.4, 0.5) is 0 Å². The summed E-state index contributed by atoms with van der Waals surface area (Å²) in [6.45, 7) is 1.06. The summed E-state index contributed by atoms with van der Waals surface area (Å²) < 4.78 is 0. The Morgan fingerprint density at radius 1 is 1.08 bits per heavy atom. The molecule has 14 heteroatoms. The molecule has 0 aliphatic carbocycles. The molecular weight excluding hydrogens is 488 g/mol. The fraction of sp³-hybridized carbons (Fsp3) is 0.773. The molecule has 3 amide bonds. The molecule has 13 nitrogen and oxygen atoms in total. The number of nitrogens with zero attached hydrogens (tertiary/aromatic N) is 2. The maximum atomic E-state index is 13.2. The summed E-state index contributed by atoms with van der Waals surface area (Å²) in [5.41, 5.74) is 22.2. The van der Waals surface area contributed by atoms with Crippen LogP contribution in [-0.4, -0.2) is 95.5 Å². The molecular formula is C22H42N8O5S. The van der Waals surface area contributed by atoms with Crippen molar-refractivity contribution < 1.29 is 24.3 Å². The second kappa shape index (κ2) is 17.0. The van der Waals surface area contributed by atoms with Gasteiger partial charge in [0.2, 0.25) is 17.7 Å². The predicted octanol–water partition coefficient (Wildman–Crippen LogP) is -1.71. The van der Waals surface area contributed by atoms with Crippen molar-refractivity contribution in [1.29, 1.82) is 0 Å². The van der Waals surface area contributed by atoms with Gasteiger partial charge in [0.25, 0.3) is 0 Å². The fourth-order valence-corrected chi connectivity index (χ4v) is 4.44. The van der Waals surface area contributed by atoms with Gasteiger partial charge in [0, 0.05) is 13.1 Å². The summed E-state index contributed by atoms with van der Waals surface area (Å²) in [6, 6.07) is -3.58. The zero-order chi connectivity index (χ0) is 27.1. The number of amides is 3. The number of carbonyl (C=O) groups excluding carboxylic acids is 3. The van der Waals surface area contributed by atoms with Crippen molar-refractivity contribution in [2.75, 3.05) is 31.6 Å². The Morgan fingerprint density at radius 3 is 2.39 bits per heavy atom. The highest BCUT2D eigenvalue weighted by molar-refractivity contribution is 7.98. The summed E-state index contributed by atoms with van der Waals surface area (Å²) >= 11 is 1.59. The molecule has 0 radical (unpaired) electrons. The molecule has 0 aromatic carbocycles. The molecule has 1 fully saturated rings. The van der Waals surface area contributed by atoms with E-state index in [2.05, 4.69) is 15.6 Å². The second-order valence-corrected chi connectivity index (χ2v) is 9.76. The van der Waals surface area contributed by atoms with Crippen LogP contribution in [0.1, 0.15) is 51.4 Å². The Kier molecular flexibility index (Phi) is 14.8. The quantitative estimate of drug-likeness (QED) is 0.0639. The Labute approximate surface area is 216 Å². The number of carbonyl (C=O) groups is 4. The Balaban J connectivity index is 2.92. The number of carboxylic acids is 1. The topological polar surface area (TPSA) is 232 Å². The maximum Gasteiger partial charge on any atom is 0.326 e. The van der Waals surface area contributed by atoms with Crippen LogP contribution in [0.3, 0.4) is 0 Å². The van der Waals surface area contributed by atoms with Crippen LogP contribution in [0.5, 0.6) is 0 Å². The third kappa shape index (κ3) is 11.0. The largest absolute Gasteiger partial charge is 0.480 e. The number of rotatable bonds is 17. The first-order valence-electron chi connectivity index (χ1n) is 12.3. The molecule has 11 N–H and O–H groups in total. The van der Waals surface area contributed by atoms with Gasteiger partial charge in [0.1, 0.15) is 18.1 Å². The first kappa shape index (κ1) is 31.4. The molecule has 1 aliphatic rings. The van der Waals surface area contributed by atoms with Crippen LogP contribution >= 0.6 is 11.8 Å². The lowest BCUT2D eigenvalue weighted by Crippen LogP contribution is -2.56. The highest BCUT2D eigenvalue weighted by atomic mass is 32.2. The van der Waals surface area contributed by atoms with Crippen LogP contribution in [0, 0.1) is 0 Å². The fourth-order valence-electron chi connectivity index (χ4n) is 3.95. The van der Waals surface area contributed by atoms with Gasteiger partial charge in [-0.05, 0) is 69.9 Å². The smallest absolute Gasteiger partial charge is 0.326 e. The number of aliphatic carboxylic acids is 1. The zero-order valence-electron chi connectivity index (χ0n) is 21.0. The third-order valence-corrected chi connectivity index (χ3v) is 6.57. The molecule has 1 heterocycles. The van der Waals surface area contributed by atoms with E-state index in [1.807, 2.05) is 6.26 Å². The Bertz CT molecular complexity index is 765. The minimum Gasteiger partial charge on any atom is -0.480 e. The van der Waals surface area contributed by atoms with Crippen molar-refractivity contribution in [2.24, 2.45) is 27.9 Å². The zero-order valence-corrected chi connectivity index (χ0v) is 21.8. The number of hydrogen-bond acceptors (Lipinski definition) is 8. The van der Waals surface area contributed by atoms with E-state index >= 15 is 0 Å². The van der Waals surface area contributed by atoms with Crippen LogP contribution in [0.2, 0.25) is 0 Å². The molecule has 1 saturated heterocycles. The van der Waals surface area contributed by atoms with Gasteiger partial charge >= 0.3 is 5.97 Å². The van der Waals surface area contributed by atoms with Gasteiger partial charge in [-0.25, -0.2) is 4.79 Å². The van der Waals surface area contributed by atoms with E-state index in [0.29, 0.717) is 51.6 Å². The number of aliphatic imine (C=N–C) groups is 1. The predicted molar refractivity (Wildman–Crippen MR) is 140 cm³/mol. The van der Waals surface area contributed by atoms with Gasteiger partial charge < -0.3 is 43.6 Å². The third-order valence-electron chi connectivity index (χ3n) is 5.93. The lowest BCUT2D eigenvalue weighted by atomic mass is 10.1. The van der Waals surface area contributed by atoms with Gasteiger partial charge in [-0.3, -0.25) is 19.4 Å². The van der Waals surface area contributed by atoms with E-state index in [0.717, 1.165) is 5.75 Å². The molecule has 0 bridgehead atoms. The molecule has 0 saturated carbocycles. The van der Waals surface area contributed by atoms with Crippen molar-refractivity contribution in [1.82, 2.24) is 15.5 Å². The number of unbranched alkanes of at least 4 members (excludes halogenated alkanes) is 1. The number of nitrogens with one attached hydrogen (secondary N) is 2. The molecule has 0 aromatic heterocycles. The summed E-state index contributed by atoms with van der Waals surface area (Å²) in [4.78, 5) is 56.0. The summed E-state index contributed by atoms with van der Waals surface area (Å²) in [6.07, 6.45) is 5.44. The minimum atomic E-state index is -1.17. The molecule has 0 spiro atoms. The van der Waals surface area contributed by atoms with Crippen molar-refractivity contribution >= 4 is 41.4 Å². The van der Waals surface area contributed by atoms with Crippen molar-refractivity contribution in [3.63, 3.8) is 0 Å². The van der Waals surface area contributed by atoms with Gasteiger partial charge in [-0.1, -0.05) is 0 Å². The van der Waals surface area contributed by atoms with Gasteiger partial charge in [0.05, 0.1) is 6.04 Å². The minimum absolute atomic E-state index is 0.0937. The number of carboxylic acid groups (broad SMARTS) is 1.